The summed E-state index contributed by atoms with van der Waals surface area (Å²) in [6, 6.07) is 0. The molecule has 0 amide bonds. The van der Waals surface area contributed by atoms with Crippen molar-refractivity contribution in [2.45, 2.75) is 187 Å². The molecule has 0 heterocycles. The number of allylic oxidation sites excluding steroid dienone is 10. The van der Waals surface area contributed by atoms with Crippen molar-refractivity contribution in [1.29, 1.82) is 0 Å². The quantitative estimate of drug-likeness (QED) is 0.0236. The first-order valence-corrected chi connectivity index (χ1v) is 23.2. The predicted molar refractivity (Wildman–Crippen MR) is 228 cm³/mol. The summed E-state index contributed by atoms with van der Waals surface area (Å²) in [4.78, 5) is 34.9. The Bertz CT molecular complexity index is 1120. The molecular formula is C45H79O10P. The molecule has 0 rings (SSSR count). The second kappa shape index (κ2) is 40.9. The van der Waals surface area contributed by atoms with Crippen molar-refractivity contribution in [2.75, 3.05) is 26.4 Å². The van der Waals surface area contributed by atoms with Gasteiger partial charge in [0.1, 0.15) is 12.7 Å². The summed E-state index contributed by atoms with van der Waals surface area (Å²) < 4.78 is 32.6. The summed E-state index contributed by atoms with van der Waals surface area (Å²) in [6.45, 7) is 2.18. The monoisotopic (exact) mass is 811 g/mol. The van der Waals surface area contributed by atoms with Crippen LogP contribution < -0.4 is 0 Å². The van der Waals surface area contributed by atoms with Crippen molar-refractivity contribution < 1.29 is 47.8 Å². The van der Waals surface area contributed by atoms with E-state index in [0.29, 0.717) is 12.8 Å². The molecule has 0 aromatic rings. The van der Waals surface area contributed by atoms with Gasteiger partial charge in [0.25, 0.3) is 0 Å². The molecule has 0 aliphatic carbocycles. The zero-order valence-corrected chi connectivity index (χ0v) is 36.0. The number of hydrogen-bond donors (Lipinski definition) is 3. The van der Waals surface area contributed by atoms with E-state index in [1.807, 2.05) is 12.2 Å². The molecule has 324 valence electrons. The molecule has 0 aliphatic rings. The SMILES string of the molecule is CC/C=C/C/C=C/C/C=C/CCCCCCCCCCCCC(=O)OCC(COP(=O)(O)OC[C@H](O)CO)OC(=O)CC/C=C/C/C=C/CCCCCCCC. The number of esters is 2. The summed E-state index contributed by atoms with van der Waals surface area (Å²) in [5.41, 5.74) is 0. The number of carbonyl (C=O) groups excluding carboxylic acids is 2. The third-order valence-corrected chi connectivity index (χ3v) is 9.87. The van der Waals surface area contributed by atoms with Gasteiger partial charge in [-0.3, -0.25) is 18.6 Å². The molecule has 0 saturated carbocycles. The molecular weight excluding hydrogens is 731 g/mol. The number of carbonyl (C=O) groups is 2. The van der Waals surface area contributed by atoms with E-state index in [2.05, 4.69) is 67.0 Å². The number of unbranched alkanes of at least 4 members (excludes halogenated alkanes) is 16. The van der Waals surface area contributed by atoms with Gasteiger partial charge >= 0.3 is 19.8 Å². The third-order valence-electron chi connectivity index (χ3n) is 8.92. The minimum Gasteiger partial charge on any atom is -0.462 e. The fourth-order valence-electron chi connectivity index (χ4n) is 5.59. The van der Waals surface area contributed by atoms with E-state index in [-0.39, 0.29) is 19.4 Å². The number of rotatable bonds is 40. The van der Waals surface area contributed by atoms with Crippen LogP contribution in [0.4, 0.5) is 0 Å². The number of aliphatic hydroxyl groups excluding tert-OH is 2. The topological polar surface area (TPSA) is 149 Å². The number of phosphoric ester groups is 1. The lowest BCUT2D eigenvalue weighted by Gasteiger charge is -2.20. The van der Waals surface area contributed by atoms with Gasteiger partial charge in [-0.25, -0.2) is 4.57 Å². The fourth-order valence-corrected chi connectivity index (χ4v) is 6.38. The number of aliphatic hydroxyl groups is 2. The van der Waals surface area contributed by atoms with E-state index in [1.165, 1.54) is 77.0 Å². The Labute approximate surface area is 340 Å². The van der Waals surface area contributed by atoms with E-state index in [9.17, 15) is 24.2 Å². The van der Waals surface area contributed by atoms with E-state index in [0.717, 1.165) is 57.8 Å². The van der Waals surface area contributed by atoms with Crippen LogP contribution in [0.2, 0.25) is 0 Å². The van der Waals surface area contributed by atoms with Gasteiger partial charge in [-0.15, -0.1) is 0 Å². The van der Waals surface area contributed by atoms with Crippen LogP contribution in [0.5, 0.6) is 0 Å². The summed E-state index contributed by atoms with van der Waals surface area (Å²) in [5, 5.41) is 18.3. The Morgan fingerprint density at radius 2 is 1.02 bits per heavy atom. The van der Waals surface area contributed by atoms with Gasteiger partial charge in [-0.05, 0) is 64.2 Å². The van der Waals surface area contributed by atoms with Crippen molar-refractivity contribution in [2.24, 2.45) is 0 Å². The van der Waals surface area contributed by atoms with Crippen LogP contribution in [0.3, 0.4) is 0 Å². The van der Waals surface area contributed by atoms with Crippen LogP contribution in [-0.2, 0) is 32.7 Å². The van der Waals surface area contributed by atoms with Crippen LogP contribution >= 0.6 is 7.82 Å². The maximum absolute atomic E-state index is 12.5. The van der Waals surface area contributed by atoms with Crippen LogP contribution in [0.15, 0.2) is 60.8 Å². The number of ether oxygens (including phenoxy) is 2. The van der Waals surface area contributed by atoms with Gasteiger partial charge in [-0.1, -0.05) is 158 Å². The van der Waals surface area contributed by atoms with Gasteiger partial charge in [0.15, 0.2) is 6.10 Å². The Morgan fingerprint density at radius 3 is 1.55 bits per heavy atom. The summed E-state index contributed by atoms with van der Waals surface area (Å²) in [5.74, 6) is -1.01. The lowest BCUT2D eigenvalue weighted by molar-refractivity contribution is -0.161. The van der Waals surface area contributed by atoms with Gasteiger partial charge < -0.3 is 24.6 Å². The lowest BCUT2D eigenvalue weighted by Crippen LogP contribution is -2.29. The van der Waals surface area contributed by atoms with Crippen LogP contribution in [0.1, 0.15) is 174 Å². The molecule has 0 fully saturated rings. The zero-order valence-electron chi connectivity index (χ0n) is 35.1. The molecule has 56 heavy (non-hydrogen) atoms. The largest absolute Gasteiger partial charge is 0.472 e. The minimum absolute atomic E-state index is 0.0755. The maximum atomic E-state index is 12.5. The highest BCUT2D eigenvalue weighted by Crippen LogP contribution is 2.43. The Morgan fingerprint density at radius 1 is 0.554 bits per heavy atom. The van der Waals surface area contributed by atoms with Crippen LogP contribution in [-0.4, -0.2) is 65.7 Å². The molecule has 0 bridgehead atoms. The van der Waals surface area contributed by atoms with Crippen LogP contribution in [0, 0.1) is 0 Å². The van der Waals surface area contributed by atoms with Gasteiger partial charge in [0.2, 0.25) is 0 Å². The van der Waals surface area contributed by atoms with E-state index in [4.69, 9.17) is 19.1 Å². The molecule has 10 nitrogen and oxygen atoms in total. The van der Waals surface area contributed by atoms with E-state index in [1.54, 1.807) is 0 Å². The minimum atomic E-state index is -4.63. The number of phosphoric acid groups is 1. The average molecular weight is 811 g/mol. The van der Waals surface area contributed by atoms with Crippen molar-refractivity contribution in [3.05, 3.63) is 60.8 Å². The van der Waals surface area contributed by atoms with Gasteiger partial charge in [-0.2, -0.15) is 0 Å². The Hall–Kier alpha value is -2.33. The smallest absolute Gasteiger partial charge is 0.462 e. The first-order valence-electron chi connectivity index (χ1n) is 21.7. The molecule has 2 unspecified atom stereocenters. The summed E-state index contributed by atoms with van der Waals surface area (Å²) >= 11 is 0. The van der Waals surface area contributed by atoms with E-state index >= 15 is 0 Å². The molecule has 3 N–H and O–H groups in total. The van der Waals surface area contributed by atoms with Crippen molar-refractivity contribution in [3.63, 3.8) is 0 Å². The molecule has 0 aromatic heterocycles. The second-order valence-corrected chi connectivity index (χ2v) is 15.8. The molecule has 3 atom stereocenters. The first kappa shape index (κ1) is 53.7. The fraction of sp³-hybridized carbons (Fsp3) is 0.733. The summed E-state index contributed by atoms with van der Waals surface area (Å²) in [6.07, 6.45) is 44.9. The molecule has 0 aliphatic heterocycles. The number of hydrogen-bond acceptors (Lipinski definition) is 9. The van der Waals surface area contributed by atoms with Crippen molar-refractivity contribution in [1.82, 2.24) is 0 Å². The summed E-state index contributed by atoms with van der Waals surface area (Å²) in [7, 11) is -4.63. The highest BCUT2D eigenvalue weighted by Gasteiger charge is 2.27. The highest BCUT2D eigenvalue weighted by molar-refractivity contribution is 7.47. The normalized spacial score (nSPS) is 14.4. The third kappa shape index (κ3) is 39.9. The zero-order chi connectivity index (χ0) is 41.2. The lowest BCUT2D eigenvalue weighted by atomic mass is 10.1. The molecule has 0 saturated heterocycles. The van der Waals surface area contributed by atoms with Crippen LogP contribution in [0.25, 0.3) is 0 Å². The first-order chi connectivity index (χ1) is 27.2. The molecule has 11 heteroatoms. The Kier molecular flexibility index (Phi) is 39.2. The Balaban J connectivity index is 4.31. The van der Waals surface area contributed by atoms with Gasteiger partial charge in [0.05, 0.1) is 19.8 Å². The highest BCUT2D eigenvalue weighted by atomic mass is 31.2. The maximum Gasteiger partial charge on any atom is 0.472 e. The van der Waals surface area contributed by atoms with Crippen molar-refractivity contribution in [3.8, 4) is 0 Å². The standard InChI is InChI=1S/C45H79O10P/c1-3-5-7-9-11-13-15-17-18-19-20-21-22-23-25-26-28-30-32-34-36-44(48)52-40-43(41-54-56(50,51)53-39-42(47)38-46)55-45(49)37-35-33-31-29-27-24-16-14-12-10-8-6-4-2/h5,7,11,13,17-18,24,27,31,33,42-43,46-47H,3-4,6,8-10,12,14-16,19-23,25-26,28-30,32,34-41H2,1-2H3,(H,50,51)/b7-5+,13-11+,18-17+,27-24+,33-31+/t42-,43?/m1/s1. The molecule has 0 aromatic carbocycles. The van der Waals surface area contributed by atoms with Gasteiger partial charge in [0, 0.05) is 12.8 Å². The predicted octanol–water partition coefficient (Wildman–Crippen LogP) is 11.5. The second-order valence-electron chi connectivity index (χ2n) is 14.3. The molecule has 0 radical (unpaired) electrons. The molecule has 0 spiro atoms. The average Bonchev–Trinajstić information content (AvgIpc) is 3.19. The van der Waals surface area contributed by atoms with E-state index < -0.39 is 51.8 Å². The van der Waals surface area contributed by atoms with Crippen molar-refractivity contribution >= 4 is 19.8 Å².